The van der Waals surface area contributed by atoms with E-state index in [2.05, 4.69) is 63.8 Å². The lowest BCUT2D eigenvalue weighted by atomic mass is 10.0. The number of aromatic nitrogens is 2. The molecule has 0 spiro atoms. The lowest BCUT2D eigenvalue weighted by Gasteiger charge is -2.37. The molecule has 3 rings (SSSR count). The van der Waals surface area contributed by atoms with Crippen molar-refractivity contribution < 1.29 is 4.79 Å². The summed E-state index contributed by atoms with van der Waals surface area (Å²) in [7, 11) is 0. The van der Waals surface area contributed by atoms with Crippen LogP contribution in [0.2, 0.25) is 0 Å². The van der Waals surface area contributed by atoms with Gasteiger partial charge in [-0.1, -0.05) is 57.4 Å². The molecule has 2 heterocycles. The van der Waals surface area contributed by atoms with Gasteiger partial charge in [0.1, 0.15) is 5.82 Å². The van der Waals surface area contributed by atoms with Gasteiger partial charge in [-0.25, -0.2) is 9.97 Å². The zero-order valence-electron chi connectivity index (χ0n) is 19.2. The maximum atomic E-state index is 12.5. The van der Waals surface area contributed by atoms with Gasteiger partial charge in [-0.3, -0.25) is 4.79 Å². The molecule has 5 heteroatoms. The van der Waals surface area contributed by atoms with E-state index in [1.165, 1.54) is 11.1 Å². The highest BCUT2D eigenvalue weighted by Gasteiger charge is 2.26. The second kappa shape index (κ2) is 10.1. The van der Waals surface area contributed by atoms with Crippen LogP contribution in [0.25, 0.3) is 11.4 Å². The molecule has 1 aromatic heterocycles. The quantitative estimate of drug-likeness (QED) is 0.597. The Morgan fingerprint density at radius 3 is 2.43 bits per heavy atom. The van der Waals surface area contributed by atoms with Gasteiger partial charge < -0.3 is 9.80 Å². The normalized spacial score (nSPS) is 14.5. The van der Waals surface area contributed by atoms with Gasteiger partial charge in [-0.15, -0.1) is 0 Å². The van der Waals surface area contributed by atoms with E-state index in [4.69, 9.17) is 9.97 Å². The summed E-state index contributed by atoms with van der Waals surface area (Å²) in [6, 6.07) is 8.37. The van der Waals surface area contributed by atoms with Crippen LogP contribution in [0.5, 0.6) is 0 Å². The Labute approximate surface area is 181 Å². The van der Waals surface area contributed by atoms with Crippen molar-refractivity contribution in [2.75, 3.05) is 31.1 Å². The number of unbranched alkanes of at least 4 members (excludes halogenated alkanes) is 2. The summed E-state index contributed by atoms with van der Waals surface area (Å²) in [6.45, 7) is 13.9. The number of carbonyl (C=O) groups excluding carboxylic acids is 1. The van der Waals surface area contributed by atoms with Gasteiger partial charge in [0.15, 0.2) is 5.82 Å². The SMILES string of the molecule is CCCCCC(=O)N1CCN(c2nc(-c3cccc(C)c3)nc(C)c2C(C)C)CC1. The second-order valence-electron chi connectivity index (χ2n) is 8.72. The Bertz CT molecular complexity index is 869. The molecule has 0 atom stereocenters. The fourth-order valence-electron chi connectivity index (χ4n) is 4.25. The van der Waals surface area contributed by atoms with E-state index in [1.807, 2.05) is 4.90 Å². The molecule has 1 amide bonds. The minimum atomic E-state index is 0.298. The number of nitrogens with zero attached hydrogens (tertiary/aromatic N) is 4. The van der Waals surface area contributed by atoms with E-state index < -0.39 is 0 Å². The van der Waals surface area contributed by atoms with Gasteiger partial charge in [0, 0.05) is 49.4 Å². The van der Waals surface area contributed by atoms with Crippen molar-refractivity contribution in [2.24, 2.45) is 0 Å². The van der Waals surface area contributed by atoms with E-state index in [-0.39, 0.29) is 0 Å². The number of anilines is 1. The third-order valence-corrected chi connectivity index (χ3v) is 5.90. The zero-order chi connectivity index (χ0) is 21.7. The Balaban J connectivity index is 1.82. The molecule has 2 aromatic rings. The van der Waals surface area contributed by atoms with Crippen LogP contribution in [0.1, 0.15) is 69.2 Å². The van der Waals surface area contributed by atoms with E-state index >= 15 is 0 Å². The first kappa shape index (κ1) is 22.3. The fourth-order valence-corrected chi connectivity index (χ4v) is 4.25. The van der Waals surface area contributed by atoms with E-state index in [9.17, 15) is 4.79 Å². The number of benzene rings is 1. The molecule has 0 aliphatic carbocycles. The Morgan fingerprint density at radius 1 is 1.07 bits per heavy atom. The molecule has 1 aliphatic rings. The first-order valence-electron chi connectivity index (χ1n) is 11.4. The summed E-state index contributed by atoms with van der Waals surface area (Å²) in [5, 5.41) is 0. The van der Waals surface area contributed by atoms with E-state index in [1.54, 1.807) is 0 Å². The molecule has 0 radical (unpaired) electrons. The third-order valence-electron chi connectivity index (χ3n) is 5.90. The molecular formula is C25H36N4O. The number of amides is 1. The second-order valence-corrected chi connectivity index (χ2v) is 8.72. The predicted octanol–water partition coefficient (Wildman–Crippen LogP) is 5.11. The molecule has 0 saturated carbocycles. The van der Waals surface area contributed by atoms with E-state index in [0.29, 0.717) is 18.2 Å². The monoisotopic (exact) mass is 408 g/mol. The molecule has 0 unspecified atom stereocenters. The molecule has 5 nitrogen and oxygen atoms in total. The molecule has 0 bridgehead atoms. The predicted molar refractivity (Wildman–Crippen MR) is 124 cm³/mol. The number of hydrogen-bond donors (Lipinski definition) is 0. The van der Waals surface area contributed by atoms with Crippen LogP contribution < -0.4 is 4.90 Å². The topological polar surface area (TPSA) is 49.3 Å². The molecule has 30 heavy (non-hydrogen) atoms. The van der Waals surface area contributed by atoms with Crippen LogP contribution in [0.3, 0.4) is 0 Å². The maximum Gasteiger partial charge on any atom is 0.222 e. The van der Waals surface area contributed by atoms with Crippen molar-refractivity contribution in [3.8, 4) is 11.4 Å². The Kier molecular flexibility index (Phi) is 7.46. The van der Waals surface area contributed by atoms with Crippen LogP contribution in [0, 0.1) is 13.8 Å². The largest absolute Gasteiger partial charge is 0.353 e. The molecule has 0 N–H and O–H groups in total. The summed E-state index contributed by atoms with van der Waals surface area (Å²) in [5.41, 5.74) is 4.52. The molecule has 162 valence electrons. The molecule has 1 saturated heterocycles. The van der Waals surface area contributed by atoms with Crippen molar-refractivity contribution in [3.63, 3.8) is 0 Å². The third kappa shape index (κ3) is 5.18. The number of piperazine rings is 1. The van der Waals surface area contributed by atoms with Crippen LogP contribution in [-0.2, 0) is 4.79 Å². The Hall–Kier alpha value is -2.43. The lowest BCUT2D eigenvalue weighted by molar-refractivity contribution is -0.131. The van der Waals surface area contributed by atoms with E-state index in [0.717, 1.165) is 68.3 Å². The highest BCUT2D eigenvalue weighted by molar-refractivity contribution is 5.76. The summed E-state index contributed by atoms with van der Waals surface area (Å²) in [6.07, 6.45) is 3.95. The standard InChI is InChI=1S/C25H36N4O/c1-6-7-8-12-22(30)28-13-15-29(16-14-28)25-23(18(2)3)20(5)26-24(27-25)21-11-9-10-19(4)17-21/h9-11,17-18H,6-8,12-16H2,1-5H3. The van der Waals surface area contributed by atoms with Crippen LogP contribution >= 0.6 is 0 Å². The number of rotatable bonds is 7. The maximum absolute atomic E-state index is 12.5. The zero-order valence-corrected chi connectivity index (χ0v) is 19.2. The minimum Gasteiger partial charge on any atom is -0.353 e. The van der Waals surface area contributed by atoms with Gasteiger partial charge >= 0.3 is 0 Å². The molecular weight excluding hydrogens is 372 g/mol. The van der Waals surface area contributed by atoms with Crippen molar-refractivity contribution in [1.29, 1.82) is 0 Å². The lowest BCUT2D eigenvalue weighted by Crippen LogP contribution is -2.49. The number of hydrogen-bond acceptors (Lipinski definition) is 4. The van der Waals surface area contributed by atoms with Gasteiger partial charge in [0.2, 0.25) is 5.91 Å². The smallest absolute Gasteiger partial charge is 0.222 e. The average molecular weight is 409 g/mol. The average Bonchev–Trinajstić information content (AvgIpc) is 2.73. The summed E-state index contributed by atoms with van der Waals surface area (Å²) in [5.74, 6) is 2.47. The highest BCUT2D eigenvalue weighted by atomic mass is 16.2. The van der Waals surface area contributed by atoms with Crippen LogP contribution in [0.15, 0.2) is 24.3 Å². The first-order valence-corrected chi connectivity index (χ1v) is 11.4. The highest BCUT2D eigenvalue weighted by Crippen LogP contribution is 2.31. The van der Waals surface area contributed by atoms with Crippen LogP contribution in [-0.4, -0.2) is 47.0 Å². The minimum absolute atomic E-state index is 0.298. The van der Waals surface area contributed by atoms with Crippen molar-refractivity contribution >= 4 is 11.7 Å². The molecule has 1 fully saturated rings. The van der Waals surface area contributed by atoms with Crippen LogP contribution in [0.4, 0.5) is 5.82 Å². The van der Waals surface area contributed by atoms with Gasteiger partial charge in [-0.05, 0) is 32.3 Å². The fraction of sp³-hybridized carbons (Fsp3) is 0.560. The van der Waals surface area contributed by atoms with Crippen molar-refractivity contribution in [2.45, 2.75) is 66.2 Å². The molecule has 1 aromatic carbocycles. The van der Waals surface area contributed by atoms with Gasteiger partial charge in [0.05, 0.1) is 0 Å². The first-order chi connectivity index (χ1) is 14.4. The molecule has 1 aliphatic heterocycles. The summed E-state index contributed by atoms with van der Waals surface area (Å²) >= 11 is 0. The van der Waals surface area contributed by atoms with Crippen molar-refractivity contribution in [3.05, 3.63) is 41.1 Å². The summed E-state index contributed by atoms with van der Waals surface area (Å²) < 4.78 is 0. The van der Waals surface area contributed by atoms with Gasteiger partial charge in [-0.2, -0.15) is 0 Å². The Morgan fingerprint density at radius 2 is 1.80 bits per heavy atom. The van der Waals surface area contributed by atoms with Gasteiger partial charge in [0.25, 0.3) is 0 Å². The van der Waals surface area contributed by atoms with Crippen molar-refractivity contribution in [1.82, 2.24) is 14.9 Å². The number of carbonyl (C=O) groups is 1. The number of aryl methyl sites for hydroxylation is 2. The summed E-state index contributed by atoms with van der Waals surface area (Å²) in [4.78, 5) is 26.7.